The molecule has 4 rings (SSSR count). The van der Waals surface area contributed by atoms with Gasteiger partial charge in [-0.25, -0.2) is 19.3 Å². The van der Waals surface area contributed by atoms with Gasteiger partial charge in [-0.1, -0.05) is 13.0 Å². The number of hydrogen-bond acceptors (Lipinski definition) is 7. The molecule has 162 valence electrons. The number of piperidine rings is 1. The van der Waals surface area contributed by atoms with E-state index in [1.807, 2.05) is 25.4 Å². The van der Waals surface area contributed by atoms with Gasteiger partial charge in [-0.15, -0.1) is 0 Å². The second-order valence-corrected chi connectivity index (χ2v) is 7.73. The van der Waals surface area contributed by atoms with E-state index in [-0.39, 0.29) is 11.9 Å². The van der Waals surface area contributed by atoms with E-state index in [4.69, 9.17) is 4.74 Å². The van der Waals surface area contributed by atoms with E-state index >= 15 is 0 Å². The predicted molar refractivity (Wildman–Crippen MR) is 118 cm³/mol. The molecule has 1 saturated heterocycles. The van der Waals surface area contributed by atoms with Crippen LogP contribution in [0, 0.1) is 12.7 Å². The maximum Gasteiger partial charge on any atom is 0.232 e. The van der Waals surface area contributed by atoms with Crippen LogP contribution in [0.2, 0.25) is 0 Å². The SMILES string of the molecule is CCc1cnc(N2CCC(Oc3cnc(CNc4ccc(C)cc4F)cn3)CC2)nc1. The molecular weight excluding hydrogens is 395 g/mol. The van der Waals surface area contributed by atoms with Crippen LogP contribution < -0.4 is 15.0 Å². The van der Waals surface area contributed by atoms with Crippen molar-refractivity contribution in [2.75, 3.05) is 23.3 Å². The van der Waals surface area contributed by atoms with Gasteiger partial charge in [0.15, 0.2) is 0 Å². The summed E-state index contributed by atoms with van der Waals surface area (Å²) < 4.78 is 19.9. The summed E-state index contributed by atoms with van der Waals surface area (Å²) in [7, 11) is 0. The minimum Gasteiger partial charge on any atom is -0.473 e. The Bertz CT molecular complexity index is 988. The van der Waals surface area contributed by atoms with Crippen LogP contribution in [0.5, 0.6) is 5.88 Å². The second-order valence-electron chi connectivity index (χ2n) is 7.73. The monoisotopic (exact) mass is 422 g/mol. The molecule has 0 aliphatic carbocycles. The number of anilines is 2. The molecule has 1 N–H and O–H groups in total. The lowest BCUT2D eigenvalue weighted by atomic mass is 10.1. The van der Waals surface area contributed by atoms with Gasteiger partial charge in [-0.05, 0) is 36.6 Å². The molecule has 2 aromatic heterocycles. The third-order valence-electron chi connectivity index (χ3n) is 5.38. The highest BCUT2D eigenvalue weighted by atomic mass is 19.1. The molecule has 3 aromatic rings. The Kier molecular flexibility index (Phi) is 6.54. The first-order valence-corrected chi connectivity index (χ1v) is 10.6. The molecule has 1 aliphatic rings. The molecule has 0 unspecified atom stereocenters. The molecule has 0 amide bonds. The van der Waals surface area contributed by atoms with E-state index in [1.54, 1.807) is 18.5 Å². The van der Waals surface area contributed by atoms with Gasteiger partial charge in [0, 0.05) is 38.3 Å². The van der Waals surface area contributed by atoms with Crippen molar-refractivity contribution in [1.82, 2.24) is 19.9 Å². The number of hydrogen-bond donors (Lipinski definition) is 1. The van der Waals surface area contributed by atoms with Crippen molar-refractivity contribution in [3.63, 3.8) is 0 Å². The average molecular weight is 423 g/mol. The molecule has 8 heteroatoms. The summed E-state index contributed by atoms with van der Waals surface area (Å²) in [6, 6.07) is 5.10. The molecule has 1 fully saturated rings. The van der Waals surface area contributed by atoms with Crippen LogP contribution in [-0.4, -0.2) is 39.1 Å². The number of aromatic nitrogens is 4. The second kappa shape index (κ2) is 9.68. The third kappa shape index (κ3) is 5.45. The largest absolute Gasteiger partial charge is 0.473 e. The lowest BCUT2D eigenvalue weighted by molar-refractivity contribution is 0.162. The van der Waals surface area contributed by atoms with Crippen molar-refractivity contribution in [3.8, 4) is 5.88 Å². The molecular formula is C23H27FN6O. The Morgan fingerprint density at radius 1 is 1.06 bits per heavy atom. The van der Waals surface area contributed by atoms with Crippen LogP contribution in [0.25, 0.3) is 0 Å². The molecule has 0 atom stereocenters. The summed E-state index contributed by atoms with van der Waals surface area (Å²) >= 11 is 0. The van der Waals surface area contributed by atoms with E-state index in [0.717, 1.165) is 55.1 Å². The van der Waals surface area contributed by atoms with Crippen LogP contribution in [0.1, 0.15) is 36.6 Å². The summed E-state index contributed by atoms with van der Waals surface area (Å²) in [5.41, 5.74) is 3.20. The maximum absolute atomic E-state index is 13.9. The smallest absolute Gasteiger partial charge is 0.232 e. The van der Waals surface area contributed by atoms with Crippen molar-refractivity contribution in [2.24, 2.45) is 0 Å². The van der Waals surface area contributed by atoms with Gasteiger partial charge in [0.1, 0.15) is 11.9 Å². The Morgan fingerprint density at radius 2 is 1.84 bits per heavy atom. The lowest BCUT2D eigenvalue weighted by Gasteiger charge is -2.31. The minimum absolute atomic E-state index is 0.0890. The first kappa shape index (κ1) is 21.0. The number of benzene rings is 1. The Balaban J connectivity index is 1.25. The van der Waals surface area contributed by atoms with Crippen molar-refractivity contribution in [2.45, 2.75) is 45.8 Å². The van der Waals surface area contributed by atoms with Gasteiger partial charge in [-0.3, -0.25) is 4.98 Å². The number of nitrogens with one attached hydrogen (secondary N) is 1. The number of nitrogens with zero attached hydrogens (tertiary/aromatic N) is 5. The molecule has 3 heterocycles. The standard InChI is InChI=1S/C23H27FN6O/c1-3-17-11-28-23(29-12-17)30-8-6-19(7-9-30)31-22-15-25-18(14-27-22)13-26-21-5-4-16(2)10-20(21)24/h4-5,10-12,14-15,19,26H,3,6-9,13H2,1-2H3. The molecule has 0 radical (unpaired) electrons. The molecule has 0 spiro atoms. The summed E-state index contributed by atoms with van der Waals surface area (Å²) in [4.78, 5) is 19.9. The highest BCUT2D eigenvalue weighted by Gasteiger charge is 2.22. The van der Waals surface area contributed by atoms with Crippen LogP contribution in [0.3, 0.4) is 0 Å². The third-order valence-corrected chi connectivity index (χ3v) is 5.38. The molecule has 1 aromatic carbocycles. The topological polar surface area (TPSA) is 76.1 Å². The van der Waals surface area contributed by atoms with Gasteiger partial charge in [0.05, 0.1) is 30.3 Å². The van der Waals surface area contributed by atoms with Crippen molar-refractivity contribution in [3.05, 3.63) is 65.6 Å². The molecule has 0 bridgehead atoms. The first-order valence-electron chi connectivity index (χ1n) is 10.6. The summed E-state index contributed by atoms with van der Waals surface area (Å²) in [5, 5.41) is 3.05. The molecule has 7 nitrogen and oxygen atoms in total. The lowest BCUT2D eigenvalue weighted by Crippen LogP contribution is -2.39. The van der Waals surface area contributed by atoms with Crippen LogP contribution >= 0.6 is 0 Å². The van der Waals surface area contributed by atoms with Gasteiger partial charge in [0.25, 0.3) is 0 Å². The van der Waals surface area contributed by atoms with E-state index in [2.05, 4.69) is 37.1 Å². The number of rotatable bonds is 7. The normalized spacial score (nSPS) is 14.5. The molecule has 31 heavy (non-hydrogen) atoms. The highest BCUT2D eigenvalue weighted by Crippen LogP contribution is 2.20. The summed E-state index contributed by atoms with van der Waals surface area (Å²) in [6.07, 6.45) is 9.84. The van der Waals surface area contributed by atoms with Gasteiger partial charge in [-0.2, -0.15) is 0 Å². The van der Waals surface area contributed by atoms with Gasteiger partial charge >= 0.3 is 0 Å². The Morgan fingerprint density at radius 3 is 2.48 bits per heavy atom. The zero-order chi connectivity index (χ0) is 21.6. The zero-order valence-electron chi connectivity index (χ0n) is 17.9. The van der Waals surface area contributed by atoms with Crippen LogP contribution in [0.4, 0.5) is 16.0 Å². The fourth-order valence-corrected chi connectivity index (χ4v) is 3.48. The summed E-state index contributed by atoms with van der Waals surface area (Å²) in [6.45, 7) is 6.03. The Labute approximate surface area is 181 Å². The Hall–Kier alpha value is -3.29. The average Bonchev–Trinajstić information content (AvgIpc) is 2.80. The summed E-state index contributed by atoms with van der Waals surface area (Å²) in [5.74, 6) is 1.01. The van der Waals surface area contributed by atoms with E-state index in [0.29, 0.717) is 18.1 Å². The zero-order valence-corrected chi connectivity index (χ0v) is 17.9. The van der Waals surface area contributed by atoms with Crippen molar-refractivity contribution < 1.29 is 9.13 Å². The van der Waals surface area contributed by atoms with Gasteiger partial charge in [0.2, 0.25) is 11.8 Å². The van der Waals surface area contributed by atoms with Crippen LogP contribution in [-0.2, 0) is 13.0 Å². The van der Waals surface area contributed by atoms with E-state index in [1.165, 1.54) is 6.07 Å². The van der Waals surface area contributed by atoms with Crippen LogP contribution in [0.15, 0.2) is 43.0 Å². The fourth-order valence-electron chi connectivity index (χ4n) is 3.48. The minimum atomic E-state index is -0.272. The first-order chi connectivity index (χ1) is 15.1. The van der Waals surface area contributed by atoms with Gasteiger partial charge < -0.3 is 15.0 Å². The number of ether oxygens (including phenoxy) is 1. The van der Waals surface area contributed by atoms with Crippen molar-refractivity contribution >= 4 is 11.6 Å². The highest BCUT2D eigenvalue weighted by molar-refractivity contribution is 5.46. The molecule has 0 saturated carbocycles. The van der Waals surface area contributed by atoms with E-state index in [9.17, 15) is 4.39 Å². The molecule has 1 aliphatic heterocycles. The predicted octanol–water partition coefficient (Wildman–Crippen LogP) is 3.94. The fraction of sp³-hybridized carbons (Fsp3) is 0.391. The quantitative estimate of drug-likeness (QED) is 0.618. The maximum atomic E-state index is 13.9. The number of halogens is 1. The number of aryl methyl sites for hydroxylation is 2. The van der Waals surface area contributed by atoms with E-state index < -0.39 is 0 Å². The van der Waals surface area contributed by atoms with Crippen molar-refractivity contribution in [1.29, 1.82) is 0 Å².